The van der Waals surface area contributed by atoms with E-state index in [1.807, 2.05) is 6.92 Å². The molecule has 0 aromatic rings. The minimum absolute atomic E-state index is 0.166. The van der Waals surface area contributed by atoms with Gasteiger partial charge in [-0.15, -0.1) is 0 Å². The van der Waals surface area contributed by atoms with Crippen molar-refractivity contribution in [3.63, 3.8) is 0 Å². The maximum Gasteiger partial charge on any atom is 0.0524 e. The highest BCUT2D eigenvalue weighted by Crippen LogP contribution is 2.07. The molecular formula is C14H31NO. The molecule has 0 saturated heterocycles. The van der Waals surface area contributed by atoms with E-state index in [9.17, 15) is 5.11 Å². The fourth-order valence-corrected chi connectivity index (χ4v) is 1.59. The van der Waals surface area contributed by atoms with Crippen molar-refractivity contribution < 1.29 is 5.11 Å². The zero-order valence-electron chi connectivity index (χ0n) is 11.9. The van der Waals surface area contributed by atoms with Crippen molar-refractivity contribution in [3.05, 3.63) is 0 Å². The summed E-state index contributed by atoms with van der Waals surface area (Å²) in [5.74, 6) is 1.54. The lowest BCUT2D eigenvalue weighted by atomic mass is 10.1. The van der Waals surface area contributed by atoms with Crippen LogP contribution in [-0.4, -0.2) is 35.7 Å². The first-order chi connectivity index (χ1) is 7.41. The smallest absolute Gasteiger partial charge is 0.0524 e. The summed E-state index contributed by atoms with van der Waals surface area (Å²) < 4.78 is 0. The summed E-state index contributed by atoms with van der Waals surface area (Å²) in [5.41, 5.74) is 0. The van der Waals surface area contributed by atoms with E-state index in [-0.39, 0.29) is 6.10 Å². The fraction of sp³-hybridized carbons (Fsp3) is 1.00. The maximum atomic E-state index is 9.33. The van der Waals surface area contributed by atoms with Crippen molar-refractivity contribution in [1.82, 2.24) is 4.90 Å². The lowest BCUT2D eigenvalue weighted by molar-refractivity contribution is 0.151. The summed E-state index contributed by atoms with van der Waals surface area (Å²) in [5, 5.41) is 9.33. The van der Waals surface area contributed by atoms with Crippen LogP contribution in [0.4, 0.5) is 0 Å². The number of nitrogens with zero attached hydrogens (tertiary/aromatic N) is 1. The molecule has 98 valence electrons. The number of aliphatic hydroxyl groups is 1. The molecule has 2 nitrogen and oxygen atoms in total. The van der Waals surface area contributed by atoms with Crippen LogP contribution < -0.4 is 0 Å². The molecule has 0 rings (SSSR count). The minimum Gasteiger partial charge on any atom is -0.393 e. The zero-order valence-corrected chi connectivity index (χ0v) is 11.9. The van der Waals surface area contributed by atoms with E-state index in [1.165, 1.54) is 25.9 Å². The van der Waals surface area contributed by atoms with Crippen molar-refractivity contribution in [2.75, 3.05) is 19.6 Å². The van der Waals surface area contributed by atoms with Gasteiger partial charge in [-0.25, -0.2) is 0 Å². The van der Waals surface area contributed by atoms with Gasteiger partial charge in [0.05, 0.1) is 6.10 Å². The molecule has 1 atom stereocenters. The van der Waals surface area contributed by atoms with Crippen LogP contribution in [0.15, 0.2) is 0 Å². The van der Waals surface area contributed by atoms with Crippen LogP contribution in [0.1, 0.15) is 53.9 Å². The molecule has 0 radical (unpaired) electrons. The Morgan fingerprint density at radius 2 is 1.12 bits per heavy atom. The molecular weight excluding hydrogens is 198 g/mol. The molecule has 1 N–H and O–H groups in total. The highest BCUT2D eigenvalue weighted by molar-refractivity contribution is 4.62. The molecule has 0 bridgehead atoms. The van der Waals surface area contributed by atoms with Crippen LogP contribution in [0.25, 0.3) is 0 Å². The van der Waals surface area contributed by atoms with Gasteiger partial charge in [0.2, 0.25) is 0 Å². The first-order valence-corrected chi connectivity index (χ1v) is 6.82. The average Bonchev–Trinajstić information content (AvgIpc) is 2.15. The molecule has 0 fully saturated rings. The van der Waals surface area contributed by atoms with Crippen LogP contribution in [-0.2, 0) is 0 Å². The monoisotopic (exact) mass is 229 g/mol. The Hall–Kier alpha value is -0.0800. The van der Waals surface area contributed by atoms with Gasteiger partial charge in [0, 0.05) is 6.54 Å². The quantitative estimate of drug-likeness (QED) is 0.656. The maximum absolute atomic E-state index is 9.33. The van der Waals surface area contributed by atoms with E-state index in [4.69, 9.17) is 0 Å². The van der Waals surface area contributed by atoms with Gasteiger partial charge in [0.1, 0.15) is 0 Å². The summed E-state index contributed by atoms with van der Waals surface area (Å²) in [7, 11) is 0. The third-order valence-corrected chi connectivity index (χ3v) is 2.91. The second kappa shape index (κ2) is 9.00. The third kappa shape index (κ3) is 10.4. The number of rotatable bonds is 9. The largest absolute Gasteiger partial charge is 0.393 e. The minimum atomic E-state index is -0.166. The second-order valence-corrected chi connectivity index (χ2v) is 5.84. The Morgan fingerprint density at radius 1 is 0.750 bits per heavy atom. The van der Waals surface area contributed by atoms with Crippen LogP contribution in [0.5, 0.6) is 0 Å². The first kappa shape index (κ1) is 15.9. The Morgan fingerprint density at radius 3 is 1.44 bits per heavy atom. The van der Waals surface area contributed by atoms with Crippen LogP contribution >= 0.6 is 0 Å². The number of aliphatic hydroxyl groups excluding tert-OH is 1. The van der Waals surface area contributed by atoms with Crippen molar-refractivity contribution in [1.29, 1.82) is 0 Å². The molecule has 0 aliphatic rings. The van der Waals surface area contributed by atoms with E-state index in [2.05, 4.69) is 32.6 Å². The number of hydrogen-bond acceptors (Lipinski definition) is 2. The van der Waals surface area contributed by atoms with Crippen molar-refractivity contribution >= 4 is 0 Å². The molecule has 0 amide bonds. The van der Waals surface area contributed by atoms with Gasteiger partial charge < -0.3 is 10.0 Å². The molecule has 0 aromatic carbocycles. The normalized spacial score (nSPS) is 14.1. The summed E-state index contributed by atoms with van der Waals surface area (Å²) >= 11 is 0. The van der Waals surface area contributed by atoms with E-state index < -0.39 is 0 Å². The summed E-state index contributed by atoms with van der Waals surface area (Å²) in [6.07, 6.45) is 3.26. The van der Waals surface area contributed by atoms with Gasteiger partial charge >= 0.3 is 0 Å². The molecule has 0 heterocycles. The predicted octanol–water partition coefficient (Wildman–Crippen LogP) is 3.15. The first-order valence-electron chi connectivity index (χ1n) is 6.82. The third-order valence-electron chi connectivity index (χ3n) is 2.91. The van der Waals surface area contributed by atoms with E-state index in [0.717, 1.165) is 24.8 Å². The second-order valence-electron chi connectivity index (χ2n) is 5.84. The molecule has 0 saturated carbocycles. The highest BCUT2D eigenvalue weighted by atomic mass is 16.3. The predicted molar refractivity (Wildman–Crippen MR) is 71.6 cm³/mol. The van der Waals surface area contributed by atoms with Gasteiger partial charge in [-0.3, -0.25) is 0 Å². The molecule has 1 unspecified atom stereocenters. The summed E-state index contributed by atoms with van der Waals surface area (Å²) in [4.78, 5) is 2.51. The van der Waals surface area contributed by atoms with Crippen LogP contribution in [0, 0.1) is 11.8 Å². The van der Waals surface area contributed by atoms with Crippen molar-refractivity contribution in [3.8, 4) is 0 Å². The van der Waals surface area contributed by atoms with Gasteiger partial charge in [-0.1, -0.05) is 27.7 Å². The van der Waals surface area contributed by atoms with Gasteiger partial charge in [-0.05, 0) is 51.1 Å². The Bertz CT molecular complexity index is 126. The van der Waals surface area contributed by atoms with Gasteiger partial charge in [0.25, 0.3) is 0 Å². The van der Waals surface area contributed by atoms with E-state index in [1.54, 1.807) is 0 Å². The van der Waals surface area contributed by atoms with Crippen molar-refractivity contribution in [2.45, 2.75) is 60.0 Å². The molecule has 2 heteroatoms. The molecule has 0 spiro atoms. The lowest BCUT2D eigenvalue weighted by Crippen LogP contribution is -2.30. The molecule has 0 aliphatic heterocycles. The van der Waals surface area contributed by atoms with E-state index in [0.29, 0.717) is 0 Å². The summed E-state index contributed by atoms with van der Waals surface area (Å²) in [6, 6.07) is 0. The SMILES string of the molecule is CC(C)CCN(CCC(C)C)CCC(C)O. The topological polar surface area (TPSA) is 23.5 Å². The zero-order chi connectivity index (χ0) is 12.6. The Labute approximate surface area is 102 Å². The summed E-state index contributed by atoms with van der Waals surface area (Å²) in [6.45, 7) is 14.4. The highest BCUT2D eigenvalue weighted by Gasteiger charge is 2.08. The standard InChI is InChI=1S/C14H31NO/c1-12(2)6-9-15(10-7-13(3)4)11-8-14(5)16/h12-14,16H,6-11H2,1-5H3. The van der Waals surface area contributed by atoms with Crippen LogP contribution in [0.3, 0.4) is 0 Å². The Kier molecular flexibility index (Phi) is 8.96. The molecule has 0 aliphatic carbocycles. The Balaban J connectivity index is 3.85. The van der Waals surface area contributed by atoms with Crippen molar-refractivity contribution in [2.24, 2.45) is 11.8 Å². The van der Waals surface area contributed by atoms with Gasteiger partial charge in [-0.2, -0.15) is 0 Å². The van der Waals surface area contributed by atoms with Crippen LogP contribution in [0.2, 0.25) is 0 Å². The number of hydrogen-bond donors (Lipinski definition) is 1. The molecule has 0 aromatic heterocycles. The molecule has 16 heavy (non-hydrogen) atoms. The van der Waals surface area contributed by atoms with Gasteiger partial charge in [0.15, 0.2) is 0 Å². The average molecular weight is 229 g/mol. The van der Waals surface area contributed by atoms with E-state index >= 15 is 0 Å². The lowest BCUT2D eigenvalue weighted by Gasteiger charge is -2.24. The fourth-order valence-electron chi connectivity index (χ4n) is 1.59.